The summed E-state index contributed by atoms with van der Waals surface area (Å²) in [5.41, 5.74) is 3.14. The van der Waals surface area contributed by atoms with Crippen molar-refractivity contribution in [3.05, 3.63) is 63.4 Å². The van der Waals surface area contributed by atoms with Crippen LogP contribution < -0.4 is 4.74 Å². The summed E-state index contributed by atoms with van der Waals surface area (Å²) in [5, 5.41) is 6.92. The van der Waals surface area contributed by atoms with Gasteiger partial charge in [0.1, 0.15) is 17.4 Å². The predicted molar refractivity (Wildman–Crippen MR) is 109 cm³/mol. The highest BCUT2D eigenvalue weighted by Gasteiger charge is 2.33. The number of likely N-dealkylation sites (tertiary alicyclic amines) is 1. The first-order valence-electron chi connectivity index (χ1n) is 10.2. The lowest BCUT2D eigenvalue weighted by atomic mass is 9.92. The van der Waals surface area contributed by atoms with E-state index in [1.807, 2.05) is 16.3 Å². The molecule has 1 aliphatic heterocycles. The molecular weight excluding hydrogens is 386 g/mol. The fourth-order valence-corrected chi connectivity index (χ4v) is 5.03. The summed E-state index contributed by atoms with van der Waals surface area (Å²) in [7, 11) is 0. The lowest BCUT2D eigenvalue weighted by Crippen LogP contribution is -2.30. The van der Waals surface area contributed by atoms with Crippen molar-refractivity contribution >= 4 is 17.2 Å². The minimum absolute atomic E-state index is 0.0365. The van der Waals surface area contributed by atoms with Crippen LogP contribution in [-0.4, -0.2) is 27.5 Å². The Morgan fingerprint density at radius 1 is 1.21 bits per heavy atom. The number of aryl methyl sites for hydroxylation is 2. The molecule has 7 heteroatoms. The molecule has 0 bridgehead atoms. The van der Waals surface area contributed by atoms with E-state index in [1.54, 1.807) is 23.6 Å². The van der Waals surface area contributed by atoms with Gasteiger partial charge in [0.05, 0.1) is 6.04 Å². The first-order valence-corrected chi connectivity index (χ1v) is 11.1. The Bertz CT molecular complexity index is 999. The molecule has 6 nitrogen and oxygen atoms in total. The number of ether oxygens (including phenoxy) is 1. The van der Waals surface area contributed by atoms with Crippen molar-refractivity contribution in [3.8, 4) is 5.75 Å². The molecule has 5 rings (SSSR count). The van der Waals surface area contributed by atoms with Crippen LogP contribution in [0.4, 0.5) is 0 Å². The number of fused-ring (bicyclic) bond motifs is 1. The second-order valence-electron chi connectivity index (χ2n) is 7.63. The standard InChI is InChI=1S/C22H23N3O3S/c26-22(25-10-3-6-20(25)21-23-9-11-29-21)19-13-18(28-24-19)14-27-17-8-7-15-4-1-2-5-16(15)12-17/h7-9,11-13,20H,1-6,10,14H2. The van der Waals surface area contributed by atoms with Crippen LogP contribution in [0, 0.1) is 0 Å². The van der Waals surface area contributed by atoms with Gasteiger partial charge in [-0.25, -0.2) is 4.98 Å². The number of hydrogen-bond donors (Lipinski definition) is 0. The first-order chi connectivity index (χ1) is 14.3. The Labute approximate surface area is 173 Å². The van der Waals surface area contributed by atoms with E-state index in [1.165, 1.54) is 24.0 Å². The van der Waals surface area contributed by atoms with Gasteiger partial charge in [0.25, 0.3) is 5.91 Å². The summed E-state index contributed by atoms with van der Waals surface area (Å²) in [6, 6.07) is 8.02. The summed E-state index contributed by atoms with van der Waals surface area (Å²) < 4.78 is 11.3. The van der Waals surface area contributed by atoms with E-state index in [0.717, 1.165) is 43.0 Å². The third kappa shape index (κ3) is 3.79. The van der Waals surface area contributed by atoms with E-state index in [9.17, 15) is 4.79 Å². The zero-order valence-corrected chi connectivity index (χ0v) is 17.0. The molecule has 2 aliphatic rings. The van der Waals surface area contributed by atoms with Gasteiger partial charge in [0.2, 0.25) is 0 Å². The number of benzene rings is 1. The highest BCUT2D eigenvalue weighted by Crippen LogP contribution is 2.34. The first kappa shape index (κ1) is 18.4. The Hall–Kier alpha value is -2.67. The van der Waals surface area contributed by atoms with Crippen molar-refractivity contribution in [1.82, 2.24) is 15.0 Å². The quantitative estimate of drug-likeness (QED) is 0.618. The smallest absolute Gasteiger partial charge is 0.276 e. The van der Waals surface area contributed by atoms with Crippen LogP contribution in [0.3, 0.4) is 0 Å². The number of carbonyl (C=O) groups excluding carboxylic acids is 1. The molecule has 1 unspecified atom stereocenters. The van der Waals surface area contributed by atoms with Crippen molar-refractivity contribution in [3.63, 3.8) is 0 Å². The number of thiazole rings is 1. The number of rotatable bonds is 5. The number of hydrogen-bond acceptors (Lipinski definition) is 6. The van der Waals surface area contributed by atoms with Gasteiger partial charge in [-0.2, -0.15) is 0 Å². The molecule has 2 aromatic heterocycles. The van der Waals surface area contributed by atoms with Crippen LogP contribution in [0.1, 0.15) is 64.1 Å². The van der Waals surface area contributed by atoms with Gasteiger partial charge in [0.15, 0.2) is 11.5 Å². The topological polar surface area (TPSA) is 68.5 Å². The van der Waals surface area contributed by atoms with Gasteiger partial charge in [-0.15, -0.1) is 11.3 Å². The highest BCUT2D eigenvalue weighted by molar-refractivity contribution is 7.09. The number of carbonyl (C=O) groups is 1. The van der Waals surface area contributed by atoms with Crippen LogP contribution in [0.25, 0.3) is 0 Å². The Morgan fingerprint density at radius 2 is 2.10 bits per heavy atom. The molecule has 150 valence electrons. The number of nitrogens with zero attached hydrogens (tertiary/aromatic N) is 3. The molecule has 1 aliphatic carbocycles. The van der Waals surface area contributed by atoms with E-state index >= 15 is 0 Å². The molecule has 1 amide bonds. The number of amides is 1. The van der Waals surface area contributed by atoms with Crippen molar-refractivity contribution in [2.24, 2.45) is 0 Å². The summed E-state index contributed by atoms with van der Waals surface area (Å²) in [4.78, 5) is 19.2. The van der Waals surface area contributed by atoms with Crippen LogP contribution in [0.2, 0.25) is 0 Å². The van der Waals surface area contributed by atoms with Crippen LogP contribution in [0.5, 0.6) is 5.75 Å². The molecular formula is C22H23N3O3S. The van der Waals surface area contributed by atoms with Crippen molar-refractivity contribution in [2.75, 3.05) is 6.54 Å². The second-order valence-corrected chi connectivity index (χ2v) is 8.56. The Kier molecular flexibility index (Phi) is 5.06. The van der Waals surface area contributed by atoms with Crippen LogP contribution >= 0.6 is 11.3 Å². The second kappa shape index (κ2) is 7.99. The van der Waals surface area contributed by atoms with Crippen molar-refractivity contribution < 1.29 is 14.1 Å². The normalized spacial score (nSPS) is 18.6. The summed E-state index contributed by atoms with van der Waals surface area (Å²) in [6.07, 6.45) is 8.47. The lowest BCUT2D eigenvalue weighted by molar-refractivity contribution is 0.0724. The summed E-state index contributed by atoms with van der Waals surface area (Å²) >= 11 is 1.59. The lowest BCUT2D eigenvalue weighted by Gasteiger charge is -2.21. The summed E-state index contributed by atoms with van der Waals surface area (Å²) in [6.45, 7) is 0.978. The van der Waals surface area contributed by atoms with Crippen LogP contribution in [-0.2, 0) is 19.4 Å². The predicted octanol–water partition coefficient (Wildman–Crippen LogP) is 4.57. The molecule has 0 saturated carbocycles. The monoisotopic (exact) mass is 409 g/mol. The van der Waals surface area contributed by atoms with Crippen molar-refractivity contribution in [2.45, 2.75) is 51.2 Å². The van der Waals surface area contributed by atoms with Crippen LogP contribution in [0.15, 0.2) is 40.4 Å². The molecule has 0 spiro atoms. The molecule has 1 saturated heterocycles. The maximum Gasteiger partial charge on any atom is 0.276 e. The van der Waals surface area contributed by atoms with E-state index < -0.39 is 0 Å². The molecule has 1 fully saturated rings. The Morgan fingerprint density at radius 3 is 2.97 bits per heavy atom. The molecule has 29 heavy (non-hydrogen) atoms. The maximum atomic E-state index is 12.9. The van der Waals surface area contributed by atoms with E-state index in [0.29, 0.717) is 11.5 Å². The fraction of sp³-hybridized carbons (Fsp3) is 0.409. The summed E-state index contributed by atoms with van der Waals surface area (Å²) in [5.74, 6) is 1.28. The van der Waals surface area contributed by atoms with Gasteiger partial charge >= 0.3 is 0 Å². The van der Waals surface area contributed by atoms with E-state index in [-0.39, 0.29) is 18.6 Å². The Balaban J connectivity index is 1.24. The minimum Gasteiger partial charge on any atom is -0.486 e. The SMILES string of the molecule is O=C(c1cc(COc2ccc3c(c2)CCCC3)on1)N1CCCC1c1nccs1. The van der Waals surface area contributed by atoms with Gasteiger partial charge in [-0.05, 0) is 61.8 Å². The van der Waals surface area contributed by atoms with Crippen molar-refractivity contribution in [1.29, 1.82) is 0 Å². The van der Waals surface area contributed by atoms with E-state index in [4.69, 9.17) is 9.26 Å². The van der Waals surface area contributed by atoms with Gasteiger partial charge < -0.3 is 14.2 Å². The maximum absolute atomic E-state index is 12.9. The number of aromatic nitrogens is 2. The molecule has 3 aromatic rings. The van der Waals surface area contributed by atoms with Gasteiger partial charge in [0, 0.05) is 24.2 Å². The average Bonchev–Trinajstić information content (AvgIpc) is 3.52. The molecule has 0 N–H and O–H groups in total. The molecule has 0 radical (unpaired) electrons. The molecule has 1 atom stereocenters. The average molecular weight is 410 g/mol. The largest absolute Gasteiger partial charge is 0.486 e. The highest BCUT2D eigenvalue weighted by atomic mass is 32.1. The third-order valence-electron chi connectivity index (χ3n) is 5.73. The zero-order chi connectivity index (χ0) is 19.6. The molecule has 3 heterocycles. The molecule has 1 aromatic carbocycles. The van der Waals surface area contributed by atoms with Gasteiger partial charge in [-0.3, -0.25) is 4.79 Å². The zero-order valence-electron chi connectivity index (χ0n) is 16.2. The minimum atomic E-state index is -0.105. The van der Waals surface area contributed by atoms with E-state index in [2.05, 4.69) is 22.3 Å². The third-order valence-corrected chi connectivity index (χ3v) is 6.61. The fourth-order valence-electron chi connectivity index (χ4n) is 4.25. The van der Waals surface area contributed by atoms with Gasteiger partial charge in [-0.1, -0.05) is 11.2 Å².